The van der Waals surface area contributed by atoms with Crippen LogP contribution in [-0.2, 0) is 10.0 Å². The zero-order valence-electron chi connectivity index (χ0n) is 11.1. The molecule has 0 saturated heterocycles. The van der Waals surface area contributed by atoms with E-state index in [4.69, 9.17) is 5.73 Å². The Morgan fingerprint density at radius 2 is 1.83 bits per heavy atom. The highest BCUT2D eigenvalue weighted by Gasteiger charge is 2.25. The Morgan fingerprint density at radius 3 is 2.28 bits per heavy atom. The number of aryl methyl sites for hydroxylation is 2. The Kier molecular flexibility index (Phi) is 5.81. The average molecular weight is 293 g/mol. The van der Waals surface area contributed by atoms with Crippen LogP contribution in [0.2, 0.25) is 0 Å². The Balaban J connectivity index is 0.00000289. The van der Waals surface area contributed by atoms with E-state index in [0.717, 1.165) is 11.1 Å². The second kappa shape index (κ2) is 6.02. The fraction of sp³-hybridized carbons (Fsp3) is 0.500. The highest BCUT2D eigenvalue weighted by atomic mass is 35.5. The molecule has 18 heavy (non-hydrogen) atoms. The molecule has 1 aromatic rings. The Hall–Kier alpha value is -0.620. The van der Waals surface area contributed by atoms with Crippen molar-refractivity contribution in [3.05, 3.63) is 29.3 Å². The van der Waals surface area contributed by atoms with Crippen molar-refractivity contribution in [2.75, 3.05) is 6.54 Å². The van der Waals surface area contributed by atoms with Gasteiger partial charge >= 0.3 is 0 Å². The van der Waals surface area contributed by atoms with Gasteiger partial charge in [0.05, 0.1) is 4.90 Å². The molecule has 1 rings (SSSR count). The van der Waals surface area contributed by atoms with Gasteiger partial charge in [0.2, 0.25) is 10.0 Å². The molecule has 0 spiro atoms. The number of benzene rings is 1. The fourth-order valence-corrected chi connectivity index (χ4v) is 3.21. The van der Waals surface area contributed by atoms with Gasteiger partial charge in [0, 0.05) is 12.1 Å². The van der Waals surface area contributed by atoms with Crippen LogP contribution < -0.4 is 10.5 Å². The number of nitrogens with one attached hydrogen (secondary N) is 1. The summed E-state index contributed by atoms with van der Waals surface area (Å²) in [4.78, 5) is 0.310. The molecule has 0 atom stereocenters. The van der Waals surface area contributed by atoms with Gasteiger partial charge in [-0.3, -0.25) is 0 Å². The standard InChI is InChI=1S/C12H20N2O2S.ClH/c1-9-5-6-11(10(2)7-9)17(15,16)14-12(3,4)8-13;/h5-7,14H,8,13H2,1-4H3;1H. The molecule has 1 aromatic carbocycles. The molecule has 0 saturated carbocycles. The third kappa shape index (κ3) is 4.24. The number of rotatable bonds is 4. The molecule has 4 nitrogen and oxygen atoms in total. The zero-order valence-corrected chi connectivity index (χ0v) is 12.8. The maximum atomic E-state index is 12.2. The normalized spacial score (nSPS) is 12.1. The first-order chi connectivity index (χ1) is 7.68. The highest BCUT2D eigenvalue weighted by molar-refractivity contribution is 7.89. The molecule has 3 N–H and O–H groups in total. The molecule has 0 unspecified atom stereocenters. The van der Waals surface area contributed by atoms with Crippen LogP contribution in [-0.4, -0.2) is 20.5 Å². The molecular formula is C12H21ClN2O2S. The maximum Gasteiger partial charge on any atom is 0.241 e. The molecule has 104 valence electrons. The summed E-state index contributed by atoms with van der Waals surface area (Å²) < 4.78 is 27.0. The van der Waals surface area contributed by atoms with E-state index in [1.807, 2.05) is 13.0 Å². The van der Waals surface area contributed by atoms with E-state index < -0.39 is 15.6 Å². The molecule has 0 bridgehead atoms. The van der Waals surface area contributed by atoms with E-state index >= 15 is 0 Å². The first-order valence-electron chi connectivity index (χ1n) is 5.49. The average Bonchev–Trinajstić information content (AvgIpc) is 2.15. The van der Waals surface area contributed by atoms with Crippen molar-refractivity contribution >= 4 is 22.4 Å². The summed E-state index contributed by atoms with van der Waals surface area (Å²) in [5.74, 6) is 0. The summed E-state index contributed by atoms with van der Waals surface area (Å²) in [5, 5.41) is 0. The minimum Gasteiger partial charge on any atom is -0.329 e. The summed E-state index contributed by atoms with van der Waals surface area (Å²) in [5.41, 5.74) is 6.67. The quantitative estimate of drug-likeness (QED) is 0.888. The second-order valence-electron chi connectivity index (χ2n) is 4.96. The Morgan fingerprint density at radius 1 is 1.28 bits per heavy atom. The van der Waals surface area contributed by atoms with Crippen LogP contribution in [0.1, 0.15) is 25.0 Å². The zero-order chi connectivity index (χ0) is 13.3. The van der Waals surface area contributed by atoms with Crippen molar-refractivity contribution in [1.82, 2.24) is 4.72 Å². The van der Waals surface area contributed by atoms with Crippen LogP contribution in [0, 0.1) is 13.8 Å². The summed E-state index contributed by atoms with van der Waals surface area (Å²) >= 11 is 0. The van der Waals surface area contributed by atoms with E-state index in [1.165, 1.54) is 0 Å². The number of hydrogen-bond donors (Lipinski definition) is 2. The molecule has 0 heterocycles. The second-order valence-corrected chi connectivity index (χ2v) is 6.61. The van der Waals surface area contributed by atoms with E-state index in [2.05, 4.69) is 4.72 Å². The number of nitrogens with two attached hydrogens (primary N) is 1. The smallest absolute Gasteiger partial charge is 0.241 e. The third-order valence-corrected chi connectivity index (χ3v) is 4.40. The number of halogens is 1. The monoisotopic (exact) mass is 292 g/mol. The lowest BCUT2D eigenvalue weighted by Gasteiger charge is -2.24. The Bertz CT molecular complexity index is 513. The van der Waals surface area contributed by atoms with Gasteiger partial charge in [0.15, 0.2) is 0 Å². The van der Waals surface area contributed by atoms with Crippen LogP contribution in [0.15, 0.2) is 23.1 Å². The highest BCUT2D eigenvalue weighted by Crippen LogP contribution is 2.18. The van der Waals surface area contributed by atoms with Crippen molar-refractivity contribution in [2.24, 2.45) is 5.73 Å². The van der Waals surface area contributed by atoms with Gasteiger partial charge in [-0.15, -0.1) is 12.4 Å². The van der Waals surface area contributed by atoms with Gasteiger partial charge in [-0.2, -0.15) is 0 Å². The molecule has 6 heteroatoms. The lowest BCUT2D eigenvalue weighted by Crippen LogP contribution is -2.48. The molecule has 0 aliphatic rings. The van der Waals surface area contributed by atoms with E-state index in [-0.39, 0.29) is 19.0 Å². The largest absolute Gasteiger partial charge is 0.329 e. The van der Waals surface area contributed by atoms with Gasteiger partial charge in [-0.25, -0.2) is 13.1 Å². The summed E-state index contributed by atoms with van der Waals surface area (Å²) in [6.45, 7) is 7.48. The Labute approximate surface area is 115 Å². The van der Waals surface area contributed by atoms with Crippen molar-refractivity contribution in [1.29, 1.82) is 0 Å². The van der Waals surface area contributed by atoms with Crippen molar-refractivity contribution < 1.29 is 8.42 Å². The first kappa shape index (κ1) is 17.4. The third-order valence-electron chi connectivity index (χ3n) is 2.54. The lowest BCUT2D eigenvalue weighted by molar-refractivity contribution is 0.462. The van der Waals surface area contributed by atoms with Gasteiger partial charge in [0.25, 0.3) is 0 Å². The molecule has 0 aliphatic heterocycles. The summed E-state index contributed by atoms with van der Waals surface area (Å²) in [7, 11) is -3.51. The molecular weight excluding hydrogens is 272 g/mol. The van der Waals surface area contributed by atoms with Crippen LogP contribution >= 0.6 is 12.4 Å². The minimum absolute atomic E-state index is 0. The maximum absolute atomic E-state index is 12.2. The van der Waals surface area contributed by atoms with Crippen molar-refractivity contribution in [3.8, 4) is 0 Å². The van der Waals surface area contributed by atoms with Gasteiger partial charge in [-0.1, -0.05) is 17.7 Å². The number of sulfonamides is 1. The molecule has 0 radical (unpaired) electrons. The molecule has 0 fully saturated rings. The van der Waals surface area contributed by atoms with Crippen molar-refractivity contribution in [2.45, 2.75) is 38.1 Å². The first-order valence-corrected chi connectivity index (χ1v) is 6.97. The lowest BCUT2D eigenvalue weighted by atomic mass is 10.1. The van der Waals surface area contributed by atoms with Gasteiger partial charge in [0.1, 0.15) is 0 Å². The van der Waals surface area contributed by atoms with Gasteiger partial charge < -0.3 is 5.73 Å². The van der Waals surface area contributed by atoms with Crippen LogP contribution in [0.5, 0.6) is 0 Å². The fourth-order valence-electron chi connectivity index (χ4n) is 1.56. The van der Waals surface area contributed by atoms with Crippen molar-refractivity contribution in [3.63, 3.8) is 0 Å². The van der Waals surface area contributed by atoms with Gasteiger partial charge in [-0.05, 0) is 39.3 Å². The molecule has 0 amide bonds. The van der Waals surface area contributed by atoms with E-state index in [1.54, 1.807) is 32.9 Å². The number of hydrogen-bond acceptors (Lipinski definition) is 3. The predicted octanol–water partition coefficient (Wildman–Crippen LogP) is 1.74. The van der Waals surface area contributed by atoms with Crippen LogP contribution in [0.25, 0.3) is 0 Å². The molecule has 0 aromatic heterocycles. The summed E-state index contributed by atoms with van der Waals surface area (Å²) in [6, 6.07) is 5.26. The minimum atomic E-state index is -3.51. The topological polar surface area (TPSA) is 72.2 Å². The van der Waals surface area contributed by atoms with Crippen LogP contribution in [0.3, 0.4) is 0 Å². The van der Waals surface area contributed by atoms with E-state index in [0.29, 0.717) is 4.90 Å². The summed E-state index contributed by atoms with van der Waals surface area (Å²) in [6.07, 6.45) is 0. The van der Waals surface area contributed by atoms with Crippen LogP contribution in [0.4, 0.5) is 0 Å². The molecule has 0 aliphatic carbocycles. The predicted molar refractivity (Wildman–Crippen MR) is 76.6 cm³/mol. The SMILES string of the molecule is Cc1ccc(S(=O)(=O)NC(C)(C)CN)c(C)c1.Cl. The van der Waals surface area contributed by atoms with E-state index in [9.17, 15) is 8.42 Å².